The molecule has 0 fully saturated rings. The van der Waals surface area contributed by atoms with E-state index in [1.54, 1.807) is 0 Å². The number of alkyl halides is 4. The van der Waals surface area contributed by atoms with E-state index in [0.717, 1.165) is 12.1 Å². The lowest BCUT2D eigenvalue weighted by Gasteiger charge is -2.21. The van der Waals surface area contributed by atoms with Crippen molar-refractivity contribution in [3.8, 4) is 0 Å². The number of methoxy groups -OCH3 is 1. The number of benzene rings is 1. The number of rotatable bonds is 5. The quantitative estimate of drug-likeness (QED) is 0.718. The van der Waals surface area contributed by atoms with Crippen LogP contribution >= 0.6 is 27.5 Å². The molecule has 0 heterocycles. The van der Waals surface area contributed by atoms with Crippen LogP contribution in [0.25, 0.3) is 0 Å². The molecule has 118 valence electrons. The van der Waals surface area contributed by atoms with E-state index in [0.29, 0.717) is 4.47 Å². The van der Waals surface area contributed by atoms with Crippen LogP contribution in [0.15, 0.2) is 22.7 Å². The van der Waals surface area contributed by atoms with Crippen molar-refractivity contribution < 1.29 is 22.7 Å². The minimum atomic E-state index is -4.50. The van der Waals surface area contributed by atoms with Gasteiger partial charge in [-0.1, -0.05) is 0 Å². The van der Waals surface area contributed by atoms with Crippen LogP contribution in [0.1, 0.15) is 15.9 Å². The number of nitrogens with zero attached hydrogens (tertiary/aromatic N) is 1. The van der Waals surface area contributed by atoms with Crippen molar-refractivity contribution in [2.24, 2.45) is 0 Å². The zero-order valence-electron chi connectivity index (χ0n) is 11.4. The van der Waals surface area contributed by atoms with Crippen LogP contribution in [0, 0.1) is 0 Å². The van der Waals surface area contributed by atoms with E-state index < -0.39 is 23.0 Å². The molecule has 0 N–H and O–H groups in total. The van der Waals surface area contributed by atoms with E-state index in [2.05, 4.69) is 15.9 Å². The number of carbonyl (C=O) groups excluding carboxylic acids is 1. The number of ether oxygens (including phenoxy) is 1. The second-order valence-electron chi connectivity index (χ2n) is 4.43. The van der Waals surface area contributed by atoms with Crippen molar-refractivity contribution in [3.05, 3.63) is 33.8 Å². The maximum Gasteiger partial charge on any atom is 0.416 e. The summed E-state index contributed by atoms with van der Waals surface area (Å²) in [4.78, 5) is 13.5. The molecule has 1 aromatic carbocycles. The van der Waals surface area contributed by atoms with Gasteiger partial charge >= 0.3 is 6.18 Å². The first-order chi connectivity index (χ1) is 9.66. The molecule has 1 aromatic rings. The van der Waals surface area contributed by atoms with Crippen molar-refractivity contribution in [2.75, 3.05) is 27.3 Å². The smallest absolute Gasteiger partial charge is 0.383 e. The van der Waals surface area contributed by atoms with E-state index in [4.69, 9.17) is 16.3 Å². The summed E-state index contributed by atoms with van der Waals surface area (Å²) in [5.74, 6) is -0.547. The Morgan fingerprint density at radius 3 is 2.62 bits per heavy atom. The molecule has 21 heavy (non-hydrogen) atoms. The molecular formula is C13H14BrClF3NO2. The van der Waals surface area contributed by atoms with Crippen molar-refractivity contribution in [3.63, 3.8) is 0 Å². The number of hydrogen-bond donors (Lipinski definition) is 0. The molecule has 1 amide bonds. The fraction of sp³-hybridized carbons (Fsp3) is 0.462. The maximum absolute atomic E-state index is 12.7. The molecule has 8 heteroatoms. The third-order valence-electron chi connectivity index (χ3n) is 2.69. The highest BCUT2D eigenvalue weighted by Crippen LogP contribution is 2.32. The van der Waals surface area contributed by atoms with Gasteiger partial charge in [-0.3, -0.25) is 4.79 Å². The van der Waals surface area contributed by atoms with Gasteiger partial charge in [0.1, 0.15) is 0 Å². The summed E-state index contributed by atoms with van der Waals surface area (Å²) in [7, 11) is 2.95. The van der Waals surface area contributed by atoms with Crippen LogP contribution in [0.5, 0.6) is 0 Å². The van der Waals surface area contributed by atoms with Crippen LogP contribution in [0.3, 0.4) is 0 Å². The molecule has 3 nitrogen and oxygen atoms in total. The molecule has 0 aromatic heterocycles. The lowest BCUT2D eigenvalue weighted by molar-refractivity contribution is -0.137. The van der Waals surface area contributed by atoms with Gasteiger partial charge < -0.3 is 9.64 Å². The SMILES string of the molecule is COCC(Cl)CN(C)C(=O)c1cc(C(F)(F)F)ccc1Br. The van der Waals surface area contributed by atoms with Crippen LogP contribution in [0.4, 0.5) is 13.2 Å². The van der Waals surface area contributed by atoms with E-state index >= 15 is 0 Å². The number of hydrogen-bond acceptors (Lipinski definition) is 2. The topological polar surface area (TPSA) is 29.5 Å². The first-order valence-corrected chi connectivity index (χ1v) is 7.15. The molecule has 0 saturated carbocycles. The summed E-state index contributed by atoms with van der Waals surface area (Å²) in [6.45, 7) is 0.403. The Labute approximate surface area is 134 Å². The highest BCUT2D eigenvalue weighted by atomic mass is 79.9. The van der Waals surface area contributed by atoms with Gasteiger partial charge in [-0.15, -0.1) is 11.6 Å². The fourth-order valence-electron chi connectivity index (χ4n) is 1.68. The summed E-state index contributed by atoms with van der Waals surface area (Å²) >= 11 is 9.03. The third-order valence-corrected chi connectivity index (χ3v) is 3.65. The molecule has 0 aliphatic carbocycles. The van der Waals surface area contributed by atoms with Crippen LogP contribution in [-0.4, -0.2) is 43.5 Å². The first-order valence-electron chi connectivity index (χ1n) is 5.92. The molecule has 0 aliphatic rings. The Hall–Kier alpha value is -0.790. The molecule has 0 radical (unpaired) electrons. The van der Waals surface area contributed by atoms with Crippen molar-refractivity contribution in [1.29, 1.82) is 0 Å². The predicted molar refractivity (Wildman–Crippen MR) is 77.6 cm³/mol. The summed E-state index contributed by atoms with van der Waals surface area (Å²) < 4.78 is 43.2. The summed E-state index contributed by atoms with van der Waals surface area (Å²) in [6.07, 6.45) is -4.50. The highest BCUT2D eigenvalue weighted by Gasteiger charge is 2.32. The second-order valence-corrected chi connectivity index (χ2v) is 5.90. The predicted octanol–water partition coefficient (Wildman–Crippen LogP) is 3.79. The highest BCUT2D eigenvalue weighted by molar-refractivity contribution is 9.10. The van der Waals surface area contributed by atoms with Crippen molar-refractivity contribution in [1.82, 2.24) is 4.90 Å². The standard InChI is InChI=1S/C13H14BrClF3NO2/c1-19(6-9(15)7-21-2)12(20)10-5-8(13(16,17)18)3-4-11(10)14/h3-5,9H,6-7H2,1-2H3. The lowest BCUT2D eigenvalue weighted by Crippen LogP contribution is -2.34. The monoisotopic (exact) mass is 387 g/mol. The van der Waals surface area contributed by atoms with Gasteiger partial charge in [0.05, 0.1) is 23.1 Å². The van der Waals surface area contributed by atoms with Gasteiger partial charge in [-0.2, -0.15) is 13.2 Å². The second kappa shape index (κ2) is 7.47. The molecule has 0 spiro atoms. The van der Waals surface area contributed by atoms with Gasteiger partial charge in [-0.25, -0.2) is 0 Å². The Kier molecular flexibility index (Phi) is 6.49. The van der Waals surface area contributed by atoms with Crippen LogP contribution in [0.2, 0.25) is 0 Å². The summed E-state index contributed by atoms with van der Waals surface area (Å²) in [5.41, 5.74) is -0.935. The third kappa shape index (κ3) is 5.16. The average Bonchev–Trinajstić information content (AvgIpc) is 2.37. The Bertz CT molecular complexity index is 511. The first kappa shape index (κ1) is 18.3. The lowest BCUT2D eigenvalue weighted by atomic mass is 10.1. The Morgan fingerprint density at radius 2 is 2.10 bits per heavy atom. The average molecular weight is 389 g/mol. The van der Waals surface area contributed by atoms with Gasteiger partial charge in [0.25, 0.3) is 5.91 Å². The number of halogens is 5. The van der Waals surface area contributed by atoms with E-state index in [1.165, 1.54) is 25.1 Å². The molecule has 1 rings (SSSR count). The Morgan fingerprint density at radius 1 is 1.48 bits per heavy atom. The van der Waals surface area contributed by atoms with Gasteiger partial charge in [0.15, 0.2) is 0 Å². The van der Waals surface area contributed by atoms with Gasteiger partial charge in [-0.05, 0) is 34.1 Å². The van der Waals surface area contributed by atoms with Gasteiger partial charge in [0, 0.05) is 25.2 Å². The summed E-state index contributed by atoms with van der Waals surface area (Å²) in [5, 5.41) is -0.437. The molecule has 0 aliphatic heterocycles. The minimum absolute atomic E-state index is 0.0615. The largest absolute Gasteiger partial charge is 0.416 e. The van der Waals surface area contributed by atoms with E-state index in [9.17, 15) is 18.0 Å². The van der Waals surface area contributed by atoms with Crippen molar-refractivity contribution in [2.45, 2.75) is 11.6 Å². The molecular weight excluding hydrogens is 374 g/mol. The Balaban J connectivity index is 2.96. The number of amides is 1. The van der Waals surface area contributed by atoms with Crippen molar-refractivity contribution >= 4 is 33.4 Å². The van der Waals surface area contributed by atoms with Crippen LogP contribution in [-0.2, 0) is 10.9 Å². The zero-order chi connectivity index (χ0) is 16.2. The van der Waals surface area contributed by atoms with E-state index in [1.807, 2.05) is 0 Å². The van der Waals surface area contributed by atoms with E-state index in [-0.39, 0.29) is 18.7 Å². The number of carbonyl (C=O) groups is 1. The molecule has 1 unspecified atom stereocenters. The molecule has 1 atom stereocenters. The van der Waals surface area contributed by atoms with Crippen LogP contribution < -0.4 is 0 Å². The minimum Gasteiger partial charge on any atom is -0.383 e. The molecule has 0 bridgehead atoms. The zero-order valence-corrected chi connectivity index (χ0v) is 13.7. The fourth-order valence-corrected chi connectivity index (χ4v) is 2.43. The molecule has 0 saturated heterocycles. The normalized spacial score (nSPS) is 13.1. The summed E-state index contributed by atoms with van der Waals surface area (Å²) in [6, 6.07) is 2.94. The maximum atomic E-state index is 12.7. The van der Waals surface area contributed by atoms with Gasteiger partial charge in [0.2, 0.25) is 0 Å².